The molecule has 5 nitrogen and oxygen atoms in total. The number of hydrogen-bond donors (Lipinski definition) is 2. The van der Waals surface area contributed by atoms with Gasteiger partial charge in [-0.3, -0.25) is 4.79 Å². The van der Waals surface area contributed by atoms with Gasteiger partial charge in [-0.15, -0.1) is 22.6 Å². The molecule has 7 heteroatoms. The molecule has 0 aliphatic carbocycles. The third-order valence-corrected chi connectivity index (χ3v) is 2.47. The van der Waals surface area contributed by atoms with E-state index >= 15 is 0 Å². The van der Waals surface area contributed by atoms with Gasteiger partial charge in [-0.1, -0.05) is 18.3 Å². The lowest BCUT2D eigenvalue weighted by molar-refractivity contribution is -0.119. The van der Waals surface area contributed by atoms with Crippen LogP contribution in [-0.2, 0) is 4.79 Å². The van der Waals surface area contributed by atoms with Crippen LogP contribution in [0.25, 0.3) is 0 Å². The van der Waals surface area contributed by atoms with Crippen molar-refractivity contribution in [1.82, 2.24) is 15.5 Å². The summed E-state index contributed by atoms with van der Waals surface area (Å²) in [5, 5.41) is 14.7. The second-order valence-corrected chi connectivity index (χ2v) is 4.26. The number of carbonyl (C=O) groups is 1. The molecule has 2 N–H and O–H groups in total. The molecule has 0 saturated heterocycles. The molecule has 1 atom stereocenters. The summed E-state index contributed by atoms with van der Waals surface area (Å²) < 4.78 is 0. The highest BCUT2D eigenvalue weighted by Gasteiger charge is 2.13. The van der Waals surface area contributed by atoms with E-state index < -0.39 is 0 Å². The number of nitrogens with zero attached hydrogens (tertiary/aromatic N) is 2. The Balaban J connectivity index is 0.00000196. The molecule has 0 bridgehead atoms. The normalized spacial score (nSPS) is 11.7. The smallest absolute Gasteiger partial charge is 0.230 e. The number of aromatic nitrogens is 2. The molecule has 0 radical (unpaired) electrons. The van der Waals surface area contributed by atoms with E-state index in [0.29, 0.717) is 11.7 Å². The van der Waals surface area contributed by atoms with Crippen molar-refractivity contribution in [2.75, 3.05) is 18.9 Å². The maximum Gasteiger partial charge on any atom is 0.230 e. The maximum atomic E-state index is 11.5. The molecule has 86 valence electrons. The predicted octanol–water partition coefficient (Wildman–Crippen LogP) is 1.06. The zero-order chi connectivity index (χ0) is 10.6. The Kier molecular flexibility index (Phi) is 6.38. The van der Waals surface area contributed by atoms with E-state index in [0.717, 1.165) is 5.01 Å². The minimum atomic E-state index is -0.0655. The number of rotatable bonds is 4. The molecule has 0 aliphatic heterocycles. The van der Waals surface area contributed by atoms with Crippen LogP contribution in [0.15, 0.2) is 0 Å². The largest absolute Gasteiger partial charge is 0.319 e. The summed E-state index contributed by atoms with van der Waals surface area (Å²) in [5.74, 6) is -0.0975. The highest BCUT2D eigenvalue weighted by Crippen LogP contribution is 2.14. The van der Waals surface area contributed by atoms with Crippen molar-refractivity contribution >= 4 is 34.8 Å². The third-order valence-electron chi connectivity index (χ3n) is 1.71. The second kappa shape index (κ2) is 6.71. The van der Waals surface area contributed by atoms with E-state index in [-0.39, 0.29) is 24.2 Å². The number of amides is 1. The molecule has 0 fully saturated rings. The Hall–Kier alpha value is -0.720. The molecular formula is C8H15ClN4OS. The molecule has 1 amide bonds. The van der Waals surface area contributed by atoms with Crippen molar-refractivity contribution < 1.29 is 4.79 Å². The summed E-state index contributed by atoms with van der Waals surface area (Å²) in [6, 6.07) is 0. The van der Waals surface area contributed by atoms with E-state index in [1.165, 1.54) is 11.3 Å². The van der Waals surface area contributed by atoms with Gasteiger partial charge in [0.05, 0.1) is 0 Å². The summed E-state index contributed by atoms with van der Waals surface area (Å²) in [4.78, 5) is 11.5. The van der Waals surface area contributed by atoms with Gasteiger partial charge in [0.2, 0.25) is 11.0 Å². The Morgan fingerprint density at radius 3 is 2.67 bits per heavy atom. The zero-order valence-corrected chi connectivity index (χ0v) is 10.5. The Bertz CT molecular complexity index is 317. The standard InChI is InChI=1S/C8H14N4OS.ClH/c1-5(4-9-3)7(13)10-8-12-11-6(2)14-8;/h5,9H,4H2,1-3H3,(H,10,12,13);1H. The van der Waals surface area contributed by atoms with Crippen molar-refractivity contribution in [1.29, 1.82) is 0 Å². The highest BCUT2D eigenvalue weighted by molar-refractivity contribution is 7.15. The van der Waals surface area contributed by atoms with Gasteiger partial charge in [0.1, 0.15) is 5.01 Å². The van der Waals surface area contributed by atoms with Crippen LogP contribution in [0.2, 0.25) is 0 Å². The fourth-order valence-corrected chi connectivity index (χ4v) is 1.57. The van der Waals surface area contributed by atoms with Gasteiger partial charge >= 0.3 is 0 Å². The van der Waals surface area contributed by atoms with Crippen molar-refractivity contribution in [3.05, 3.63) is 5.01 Å². The van der Waals surface area contributed by atoms with Gasteiger partial charge < -0.3 is 10.6 Å². The lowest BCUT2D eigenvalue weighted by Crippen LogP contribution is -2.28. The van der Waals surface area contributed by atoms with E-state index in [1.807, 2.05) is 20.9 Å². The second-order valence-electron chi connectivity index (χ2n) is 3.07. The van der Waals surface area contributed by atoms with E-state index in [9.17, 15) is 4.79 Å². The summed E-state index contributed by atoms with van der Waals surface area (Å²) in [6.45, 7) is 4.37. The number of halogens is 1. The van der Waals surface area contributed by atoms with Gasteiger partial charge in [-0.05, 0) is 14.0 Å². The number of anilines is 1. The van der Waals surface area contributed by atoms with Crippen LogP contribution >= 0.6 is 23.7 Å². The van der Waals surface area contributed by atoms with E-state index in [1.54, 1.807) is 0 Å². The Labute approximate surface area is 99.1 Å². The first kappa shape index (κ1) is 14.3. The van der Waals surface area contributed by atoms with Crippen LogP contribution in [0.3, 0.4) is 0 Å². The number of hydrogen-bond acceptors (Lipinski definition) is 5. The van der Waals surface area contributed by atoms with Crippen molar-refractivity contribution in [2.45, 2.75) is 13.8 Å². The van der Waals surface area contributed by atoms with E-state index in [4.69, 9.17) is 0 Å². The van der Waals surface area contributed by atoms with Crippen LogP contribution in [0.4, 0.5) is 5.13 Å². The van der Waals surface area contributed by atoms with Crippen LogP contribution in [-0.4, -0.2) is 29.7 Å². The van der Waals surface area contributed by atoms with Crippen molar-refractivity contribution in [2.24, 2.45) is 5.92 Å². The average Bonchev–Trinajstić information content (AvgIpc) is 2.51. The molecule has 1 heterocycles. The van der Waals surface area contributed by atoms with Crippen LogP contribution in [0, 0.1) is 12.8 Å². The molecule has 15 heavy (non-hydrogen) atoms. The summed E-state index contributed by atoms with van der Waals surface area (Å²) >= 11 is 1.38. The van der Waals surface area contributed by atoms with Gasteiger partial charge in [0, 0.05) is 12.5 Å². The van der Waals surface area contributed by atoms with Crippen molar-refractivity contribution in [3.8, 4) is 0 Å². The average molecular weight is 251 g/mol. The molecule has 1 aromatic heterocycles. The minimum Gasteiger partial charge on any atom is -0.319 e. The molecule has 1 unspecified atom stereocenters. The molecule has 1 rings (SSSR count). The maximum absolute atomic E-state index is 11.5. The Morgan fingerprint density at radius 2 is 2.20 bits per heavy atom. The minimum absolute atomic E-state index is 0. The molecule has 1 aromatic rings. The zero-order valence-electron chi connectivity index (χ0n) is 8.90. The van der Waals surface area contributed by atoms with E-state index in [2.05, 4.69) is 20.8 Å². The lowest BCUT2D eigenvalue weighted by Gasteiger charge is -2.08. The molecule has 0 spiro atoms. The van der Waals surface area contributed by atoms with Gasteiger partial charge in [0.15, 0.2) is 0 Å². The SMILES string of the molecule is CNCC(C)C(=O)Nc1nnc(C)s1.Cl. The van der Waals surface area contributed by atoms with Gasteiger partial charge in [-0.2, -0.15) is 0 Å². The quantitative estimate of drug-likeness (QED) is 0.839. The Morgan fingerprint density at radius 1 is 1.53 bits per heavy atom. The summed E-state index contributed by atoms with van der Waals surface area (Å²) in [5.41, 5.74) is 0. The van der Waals surface area contributed by atoms with Crippen LogP contribution in [0.1, 0.15) is 11.9 Å². The van der Waals surface area contributed by atoms with Gasteiger partial charge in [-0.25, -0.2) is 0 Å². The first-order valence-electron chi connectivity index (χ1n) is 4.39. The first-order valence-corrected chi connectivity index (χ1v) is 5.20. The van der Waals surface area contributed by atoms with Crippen LogP contribution in [0.5, 0.6) is 0 Å². The predicted molar refractivity (Wildman–Crippen MR) is 63.6 cm³/mol. The van der Waals surface area contributed by atoms with Gasteiger partial charge in [0.25, 0.3) is 0 Å². The fraction of sp³-hybridized carbons (Fsp3) is 0.625. The highest BCUT2D eigenvalue weighted by atomic mass is 35.5. The number of carbonyl (C=O) groups excluding carboxylic acids is 1. The molecule has 0 saturated carbocycles. The first-order chi connectivity index (χ1) is 6.63. The fourth-order valence-electron chi connectivity index (χ4n) is 0.975. The molecule has 0 aromatic carbocycles. The van der Waals surface area contributed by atoms with Crippen molar-refractivity contribution in [3.63, 3.8) is 0 Å². The number of aryl methyl sites for hydroxylation is 1. The van der Waals surface area contributed by atoms with Crippen LogP contribution < -0.4 is 10.6 Å². The summed E-state index contributed by atoms with van der Waals surface area (Å²) in [7, 11) is 1.82. The topological polar surface area (TPSA) is 66.9 Å². The molecular weight excluding hydrogens is 236 g/mol. The molecule has 0 aliphatic rings. The summed E-state index contributed by atoms with van der Waals surface area (Å²) in [6.07, 6.45) is 0. The lowest BCUT2D eigenvalue weighted by atomic mass is 10.2. The monoisotopic (exact) mass is 250 g/mol. The third kappa shape index (κ3) is 4.55. The number of nitrogens with one attached hydrogen (secondary N) is 2.